The van der Waals surface area contributed by atoms with Crippen molar-refractivity contribution in [3.8, 4) is 22.4 Å². The van der Waals surface area contributed by atoms with Crippen LogP contribution in [0.1, 0.15) is 66.5 Å². The zero-order chi connectivity index (χ0) is 42.7. The second-order valence-corrected chi connectivity index (χ2v) is 15.3. The zero-order valence-corrected chi connectivity index (χ0v) is 34.1. The first kappa shape index (κ1) is 39.8. The van der Waals surface area contributed by atoms with Crippen LogP contribution in [0.15, 0.2) is 120 Å². The van der Waals surface area contributed by atoms with E-state index in [0.717, 1.165) is 58.2 Å². The van der Waals surface area contributed by atoms with Gasteiger partial charge in [-0.15, -0.1) is 0 Å². The number of aromatic nitrogens is 5. The molecular weight excluding hydrogens is 787 g/mol. The first-order valence-electron chi connectivity index (χ1n) is 20.5. The molecule has 62 heavy (non-hydrogen) atoms. The Morgan fingerprint density at radius 3 is 2.21 bits per heavy atom. The van der Waals surface area contributed by atoms with Crippen LogP contribution in [0.3, 0.4) is 0 Å². The molecule has 3 aromatic carbocycles. The number of aliphatic imine (C=N–C) groups is 1. The molecule has 15 heteroatoms. The average molecular weight is 830 g/mol. The third-order valence-corrected chi connectivity index (χ3v) is 11.5. The van der Waals surface area contributed by atoms with E-state index in [1.807, 2.05) is 78.9 Å². The second kappa shape index (κ2) is 17.1. The number of amides is 4. The van der Waals surface area contributed by atoms with E-state index in [-0.39, 0.29) is 29.6 Å². The molecule has 6 heterocycles. The van der Waals surface area contributed by atoms with Gasteiger partial charge < -0.3 is 34.6 Å². The molecule has 2 aliphatic rings. The van der Waals surface area contributed by atoms with Crippen molar-refractivity contribution in [1.29, 1.82) is 0 Å². The lowest BCUT2D eigenvalue weighted by Gasteiger charge is -2.29. The summed E-state index contributed by atoms with van der Waals surface area (Å²) in [5, 5.41) is 3.66. The second-order valence-electron chi connectivity index (χ2n) is 15.3. The Kier molecular flexibility index (Phi) is 11.0. The van der Waals surface area contributed by atoms with Crippen molar-refractivity contribution >= 4 is 51.9 Å². The Bertz CT molecular complexity index is 2820. The van der Waals surface area contributed by atoms with Crippen LogP contribution in [-0.2, 0) is 19.1 Å². The van der Waals surface area contributed by atoms with Crippen molar-refractivity contribution < 1.29 is 28.7 Å². The highest BCUT2D eigenvalue weighted by molar-refractivity contribution is 6.46. The van der Waals surface area contributed by atoms with E-state index < -0.39 is 18.2 Å². The average Bonchev–Trinajstić information content (AvgIpc) is 4.16. The Balaban J connectivity index is 0.916. The van der Waals surface area contributed by atoms with E-state index in [1.165, 1.54) is 14.2 Å². The lowest BCUT2D eigenvalue weighted by Crippen LogP contribution is -2.42. The summed E-state index contributed by atoms with van der Waals surface area (Å²) < 4.78 is 9.60. The van der Waals surface area contributed by atoms with Crippen molar-refractivity contribution in [1.82, 2.24) is 40.0 Å². The van der Waals surface area contributed by atoms with E-state index >= 15 is 0 Å². The number of benzene rings is 3. The molecule has 0 bridgehead atoms. The number of fused-ring (bicyclic) bond motifs is 2. The van der Waals surface area contributed by atoms with Gasteiger partial charge in [0.2, 0.25) is 5.91 Å². The molecule has 312 valence electrons. The summed E-state index contributed by atoms with van der Waals surface area (Å²) in [6, 6.07) is 32.8. The summed E-state index contributed by atoms with van der Waals surface area (Å²) >= 11 is 0. The molecule has 2 saturated heterocycles. The van der Waals surface area contributed by atoms with Crippen LogP contribution in [0.2, 0.25) is 0 Å². The quantitative estimate of drug-likeness (QED) is 0.122. The predicted molar refractivity (Wildman–Crippen MR) is 232 cm³/mol. The van der Waals surface area contributed by atoms with Crippen molar-refractivity contribution in [3.63, 3.8) is 0 Å². The number of hydrogen-bond acceptors (Lipinski definition) is 9. The molecule has 0 spiro atoms. The number of H-pyrrole nitrogens is 2. The van der Waals surface area contributed by atoms with Gasteiger partial charge in [-0.05, 0) is 66.6 Å². The van der Waals surface area contributed by atoms with E-state index in [4.69, 9.17) is 19.4 Å². The summed E-state index contributed by atoms with van der Waals surface area (Å²) in [6.45, 7) is 1.03. The minimum absolute atomic E-state index is 0.0202. The maximum Gasteiger partial charge on any atom is 0.434 e. The van der Waals surface area contributed by atoms with Gasteiger partial charge in [-0.25, -0.2) is 24.5 Å². The fourth-order valence-corrected chi connectivity index (χ4v) is 8.45. The Morgan fingerprint density at radius 1 is 0.758 bits per heavy atom. The fraction of sp³-hybridized carbons (Fsp3) is 0.234. The standard InChI is InChI=1S/C47H43N9O6/c1-61-46(59)52-39(30-11-5-3-6-12-30)44(57)55-23-9-15-37(55)34-22-21-32-25-35(50-41(32)49-34)29-19-17-28(18-20-29)33-26-36-42(48-27-33)54-43(51-36)38-16-10-24-56(38)45(58)40(53-47(60)62-2)31-13-7-4-8-14-31/h3-8,11-14,17-22,25-27,37-39H,9-10,15-16,23-24H2,1-2H3,(H,49,50)(H,52,59)(H,48,51,54)/t37?,38-,39+/m0/s1. The fourth-order valence-electron chi connectivity index (χ4n) is 8.45. The summed E-state index contributed by atoms with van der Waals surface area (Å²) in [7, 11) is 2.51. The highest BCUT2D eigenvalue weighted by Crippen LogP contribution is 2.36. The van der Waals surface area contributed by atoms with Gasteiger partial charge in [0.05, 0.1) is 37.5 Å². The molecule has 0 aliphatic carbocycles. The number of ether oxygens (including phenoxy) is 2. The normalized spacial score (nSPS) is 17.0. The van der Waals surface area contributed by atoms with Gasteiger partial charge in [-0.3, -0.25) is 9.59 Å². The number of likely N-dealkylation sites (tertiary alicyclic amines) is 2. The minimum atomic E-state index is -0.890. The van der Waals surface area contributed by atoms with Gasteiger partial charge >= 0.3 is 12.2 Å². The van der Waals surface area contributed by atoms with Crippen LogP contribution in [0.25, 0.3) is 44.6 Å². The summed E-state index contributed by atoms with van der Waals surface area (Å²) in [4.78, 5) is 81.2. The topological polar surface area (TPSA) is 188 Å². The first-order valence-corrected chi connectivity index (χ1v) is 20.5. The largest absolute Gasteiger partial charge is 0.453 e. The molecule has 3 N–H and O–H groups in total. The predicted octanol–water partition coefficient (Wildman–Crippen LogP) is 7.85. The first-order chi connectivity index (χ1) is 30.3. The van der Waals surface area contributed by atoms with Crippen LogP contribution in [0, 0.1) is 0 Å². The van der Waals surface area contributed by atoms with Gasteiger partial charge in [0.15, 0.2) is 5.65 Å². The number of nitrogens with one attached hydrogen (secondary N) is 3. The highest BCUT2D eigenvalue weighted by atomic mass is 16.5. The SMILES string of the molecule is COC(=O)N=C(C(=O)N1CCC[C@H]1c1nc2ncc(-c3ccc(-c4cc5ccc(C6CCCN6C(=O)[C@H](NC(=O)OC)c6ccccc6)nc5[nH]4)cc3)cc2[nH]1)c1ccccc1. The number of aromatic amines is 2. The summed E-state index contributed by atoms with van der Waals surface area (Å²) in [5.41, 5.74) is 7.71. The third kappa shape index (κ3) is 7.87. The van der Waals surface area contributed by atoms with Crippen molar-refractivity contribution in [2.45, 2.75) is 43.8 Å². The Labute approximate surface area is 356 Å². The van der Waals surface area contributed by atoms with E-state index in [0.29, 0.717) is 47.8 Å². The summed E-state index contributed by atoms with van der Waals surface area (Å²) in [6.07, 6.45) is 3.28. The zero-order valence-electron chi connectivity index (χ0n) is 34.1. The van der Waals surface area contributed by atoms with Crippen LogP contribution < -0.4 is 5.32 Å². The number of alkyl carbamates (subject to hydrolysis) is 1. The van der Waals surface area contributed by atoms with Gasteiger partial charge in [0.1, 0.15) is 23.2 Å². The number of carbonyl (C=O) groups is 4. The van der Waals surface area contributed by atoms with Crippen LogP contribution in [0.5, 0.6) is 0 Å². The number of pyridine rings is 2. The van der Waals surface area contributed by atoms with Gasteiger partial charge in [-0.2, -0.15) is 4.99 Å². The number of nitrogens with zero attached hydrogens (tertiary/aromatic N) is 6. The highest BCUT2D eigenvalue weighted by Gasteiger charge is 2.37. The smallest absolute Gasteiger partial charge is 0.434 e. The molecule has 3 atom stereocenters. The lowest BCUT2D eigenvalue weighted by atomic mass is 10.0. The molecule has 7 aromatic rings. The number of carbonyl (C=O) groups excluding carboxylic acids is 4. The number of methoxy groups -OCH3 is 2. The van der Waals surface area contributed by atoms with Crippen molar-refractivity contribution in [2.24, 2.45) is 4.99 Å². The van der Waals surface area contributed by atoms with E-state index in [9.17, 15) is 19.2 Å². The third-order valence-electron chi connectivity index (χ3n) is 11.5. The van der Waals surface area contributed by atoms with Crippen LogP contribution in [0.4, 0.5) is 9.59 Å². The Morgan fingerprint density at radius 2 is 1.47 bits per heavy atom. The van der Waals surface area contributed by atoms with E-state index in [2.05, 4.69) is 31.3 Å². The van der Waals surface area contributed by atoms with Crippen molar-refractivity contribution in [3.05, 3.63) is 138 Å². The number of imidazole rings is 1. The maximum atomic E-state index is 14.0. The lowest BCUT2D eigenvalue weighted by molar-refractivity contribution is -0.134. The molecule has 15 nitrogen and oxygen atoms in total. The molecule has 4 aromatic heterocycles. The molecule has 0 radical (unpaired) electrons. The molecule has 0 saturated carbocycles. The molecular formula is C47H43N9O6. The maximum absolute atomic E-state index is 14.0. The molecule has 2 aliphatic heterocycles. The van der Waals surface area contributed by atoms with Gasteiger partial charge in [0.25, 0.3) is 5.91 Å². The number of rotatable bonds is 9. The van der Waals surface area contributed by atoms with Crippen LogP contribution in [-0.4, -0.2) is 91.7 Å². The van der Waals surface area contributed by atoms with Gasteiger partial charge in [0, 0.05) is 41.5 Å². The molecule has 9 rings (SSSR count). The molecule has 1 unspecified atom stereocenters. The van der Waals surface area contributed by atoms with Crippen molar-refractivity contribution in [2.75, 3.05) is 27.3 Å². The molecule has 2 fully saturated rings. The minimum Gasteiger partial charge on any atom is -0.453 e. The van der Waals surface area contributed by atoms with Crippen LogP contribution >= 0.6 is 0 Å². The summed E-state index contributed by atoms with van der Waals surface area (Å²) in [5.74, 6) is 0.0289. The van der Waals surface area contributed by atoms with E-state index in [1.54, 1.807) is 40.3 Å². The Hall–Kier alpha value is -7.68. The van der Waals surface area contributed by atoms with Gasteiger partial charge in [-0.1, -0.05) is 84.9 Å². The number of hydrogen-bond donors (Lipinski definition) is 3. The monoisotopic (exact) mass is 829 g/mol. The molecule has 4 amide bonds.